The quantitative estimate of drug-likeness (QED) is 0.185. The van der Waals surface area contributed by atoms with E-state index in [-0.39, 0.29) is 39.0 Å². The van der Waals surface area contributed by atoms with Gasteiger partial charge in [0.2, 0.25) is 21.8 Å². The smallest absolute Gasteiger partial charge is 0.444 e. The number of hydrogen-bond acceptors (Lipinski definition) is 9. The number of rotatable bonds is 13. The van der Waals surface area contributed by atoms with Gasteiger partial charge < -0.3 is 35.6 Å². The lowest BCUT2D eigenvalue weighted by atomic mass is 9.76. The number of fused-ring (bicyclic) bond motifs is 1. The van der Waals surface area contributed by atoms with Crippen molar-refractivity contribution >= 4 is 41.1 Å². The Labute approximate surface area is 294 Å². The monoisotopic (exact) mass is 726 g/mol. The van der Waals surface area contributed by atoms with Crippen LogP contribution in [-0.2, 0) is 37.4 Å². The lowest BCUT2D eigenvalue weighted by molar-refractivity contribution is -0.140. The van der Waals surface area contributed by atoms with Crippen molar-refractivity contribution in [1.82, 2.24) is 30.1 Å². The van der Waals surface area contributed by atoms with Gasteiger partial charge in [0.1, 0.15) is 24.0 Å². The van der Waals surface area contributed by atoms with Crippen molar-refractivity contribution in [3.63, 3.8) is 0 Å². The minimum atomic E-state index is -3.55. The summed E-state index contributed by atoms with van der Waals surface area (Å²) in [7, 11) is -4.01. The highest BCUT2D eigenvalue weighted by Crippen LogP contribution is 2.29. The summed E-state index contributed by atoms with van der Waals surface area (Å²) in [6.45, 7) is 10.6. The van der Waals surface area contributed by atoms with Crippen molar-refractivity contribution < 1.29 is 46.8 Å². The number of carbonyl (C=O) groups excluding carboxylic acids is 4. The topological polar surface area (TPSA) is 198 Å². The Morgan fingerprint density at radius 2 is 1.78 bits per heavy atom. The van der Waals surface area contributed by atoms with E-state index in [9.17, 15) is 42.0 Å². The van der Waals surface area contributed by atoms with E-state index in [0.29, 0.717) is 17.5 Å². The number of hydrogen-bond donors (Lipinski definition) is 5. The van der Waals surface area contributed by atoms with Crippen LogP contribution in [0.25, 0.3) is 0 Å². The van der Waals surface area contributed by atoms with Gasteiger partial charge in [-0.2, -0.15) is 0 Å². The van der Waals surface area contributed by atoms with Crippen LogP contribution in [0.15, 0.2) is 18.2 Å². The molecule has 15 nitrogen and oxygen atoms in total. The molecular weight excluding hydrogens is 674 g/mol. The van der Waals surface area contributed by atoms with E-state index in [1.54, 1.807) is 32.9 Å². The molecule has 1 aromatic rings. The average Bonchev–Trinajstić information content (AvgIpc) is 3.63. The van der Waals surface area contributed by atoms with Crippen molar-refractivity contribution in [2.75, 3.05) is 26.4 Å². The molecular formula is C32H52BFN6O9S. The molecule has 0 saturated carbocycles. The zero-order chi connectivity index (χ0) is 37.7. The second-order valence-corrected chi connectivity index (χ2v) is 16.7. The van der Waals surface area contributed by atoms with E-state index in [0.717, 1.165) is 10.6 Å². The molecule has 2 aliphatic rings. The van der Waals surface area contributed by atoms with Crippen molar-refractivity contribution in [2.45, 2.75) is 104 Å². The summed E-state index contributed by atoms with van der Waals surface area (Å²) in [6, 6.07) is 0.858. The SMILES string of the molecule is CCC[C@H](NC(=O)[C@@H]1C[C@@H](OC(=O)N2Cc3cccc(F)c3C2)CN1C(=O)[C@@H](NC(=O)N[C@H](CN(C)S(C)(=O)=O)C(C)(C)C)C(C)C)B(O)O. The Hall–Kier alpha value is -3.48. The third-order valence-corrected chi connectivity index (χ3v) is 10.4. The van der Waals surface area contributed by atoms with Crippen LogP contribution in [0.4, 0.5) is 14.0 Å². The highest BCUT2D eigenvalue weighted by atomic mass is 32.2. The molecule has 0 aromatic heterocycles. The normalized spacial score (nSPS) is 19.5. The molecule has 0 bridgehead atoms. The Morgan fingerprint density at radius 1 is 1.12 bits per heavy atom. The number of likely N-dealkylation sites (tertiary alicyclic amines) is 1. The third-order valence-electron chi connectivity index (χ3n) is 9.16. The van der Waals surface area contributed by atoms with E-state index in [1.807, 2.05) is 20.8 Å². The van der Waals surface area contributed by atoms with Crippen LogP contribution >= 0.6 is 0 Å². The van der Waals surface area contributed by atoms with Crippen LogP contribution in [-0.4, -0.2) is 120 Å². The maximum atomic E-state index is 14.3. The molecule has 2 aliphatic heterocycles. The minimum Gasteiger partial charge on any atom is -0.444 e. The summed E-state index contributed by atoms with van der Waals surface area (Å²) in [5.41, 5.74) is 0.459. The number of carbonyl (C=O) groups is 4. The van der Waals surface area contributed by atoms with Crippen molar-refractivity contribution in [3.8, 4) is 0 Å². The Balaban J connectivity index is 1.82. The zero-order valence-electron chi connectivity index (χ0n) is 30.1. The Kier molecular flexibility index (Phi) is 13.7. The molecule has 2 heterocycles. The first kappa shape index (κ1) is 41.0. The molecule has 5 amide bonds. The number of benzene rings is 1. The summed E-state index contributed by atoms with van der Waals surface area (Å²) >= 11 is 0. The molecule has 5 N–H and O–H groups in total. The van der Waals surface area contributed by atoms with Gasteiger partial charge in [-0.3, -0.25) is 14.5 Å². The molecule has 1 saturated heterocycles. The Bertz CT molecular complexity index is 1510. The number of nitrogens with zero attached hydrogens (tertiary/aromatic N) is 3. The van der Waals surface area contributed by atoms with Crippen molar-refractivity contribution in [3.05, 3.63) is 35.1 Å². The third kappa shape index (κ3) is 10.5. The highest BCUT2D eigenvalue weighted by molar-refractivity contribution is 7.88. The van der Waals surface area contributed by atoms with Gasteiger partial charge in [0.25, 0.3) is 0 Å². The van der Waals surface area contributed by atoms with Gasteiger partial charge in [-0.05, 0) is 29.4 Å². The molecule has 3 rings (SSSR count). The van der Waals surface area contributed by atoms with E-state index >= 15 is 0 Å². The molecule has 280 valence electrons. The number of halogens is 1. The number of amides is 5. The largest absolute Gasteiger partial charge is 0.475 e. The molecule has 50 heavy (non-hydrogen) atoms. The fourth-order valence-electron chi connectivity index (χ4n) is 5.95. The molecule has 0 spiro atoms. The molecule has 0 unspecified atom stereocenters. The van der Waals surface area contributed by atoms with Crippen molar-refractivity contribution in [1.29, 1.82) is 0 Å². The molecule has 18 heteroatoms. The summed E-state index contributed by atoms with van der Waals surface area (Å²) in [5, 5.41) is 27.8. The van der Waals surface area contributed by atoms with Crippen LogP contribution in [0.3, 0.4) is 0 Å². The Morgan fingerprint density at radius 3 is 2.32 bits per heavy atom. The van der Waals surface area contributed by atoms with Gasteiger partial charge >= 0.3 is 19.2 Å². The zero-order valence-corrected chi connectivity index (χ0v) is 30.9. The van der Waals surface area contributed by atoms with E-state index in [4.69, 9.17) is 4.74 Å². The summed E-state index contributed by atoms with van der Waals surface area (Å²) < 4.78 is 45.3. The second kappa shape index (κ2) is 16.7. The van der Waals surface area contributed by atoms with Crippen molar-refractivity contribution in [2.24, 2.45) is 11.3 Å². The molecule has 0 aliphatic carbocycles. The standard InChI is InChI=1S/C32H52BFN6O9S/c1-9-11-26(33(45)46)36-28(41)24-14-21(49-31(44)39-15-20-12-10-13-23(34)22(20)17-39)16-40(24)29(42)27(19(2)3)37-30(43)35-25(32(4,5)6)18-38(7)50(8,47)48/h10,12-13,19,21,24-27,45-46H,9,11,14-18H2,1-8H3,(H,36,41)(H2,35,37,43)/t21-,24+,25-,26+,27+/m1/s1. The molecule has 0 radical (unpaired) electrons. The molecule has 1 aromatic carbocycles. The maximum absolute atomic E-state index is 14.3. The predicted molar refractivity (Wildman–Crippen MR) is 184 cm³/mol. The first-order valence-electron chi connectivity index (χ1n) is 16.8. The maximum Gasteiger partial charge on any atom is 0.475 e. The fourth-order valence-corrected chi connectivity index (χ4v) is 6.37. The summed E-state index contributed by atoms with van der Waals surface area (Å²) in [4.78, 5) is 56.9. The summed E-state index contributed by atoms with van der Waals surface area (Å²) in [5.74, 6) is -3.26. The van der Waals surface area contributed by atoms with E-state index in [2.05, 4.69) is 16.0 Å². The predicted octanol–water partition coefficient (Wildman–Crippen LogP) is 1.17. The van der Waals surface area contributed by atoms with Gasteiger partial charge in [0, 0.05) is 38.2 Å². The van der Waals surface area contributed by atoms with Crippen LogP contribution in [0, 0.1) is 17.2 Å². The summed E-state index contributed by atoms with van der Waals surface area (Å²) in [6.07, 6.45) is 0.0209. The number of nitrogens with one attached hydrogen (secondary N) is 3. The lowest BCUT2D eigenvalue weighted by Gasteiger charge is -2.35. The number of sulfonamides is 1. The second-order valence-electron chi connectivity index (χ2n) is 14.6. The van der Waals surface area contributed by atoms with Crippen LogP contribution in [0.5, 0.6) is 0 Å². The van der Waals surface area contributed by atoms with Gasteiger partial charge in [-0.25, -0.2) is 26.7 Å². The lowest BCUT2D eigenvalue weighted by Crippen LogP contribution is -2.60. The first-order chi connectivity index (χ1) is 23.1. The highest BCUT2D eigenvalue weighted by Gasteiger charge is 2.46. The fraction of sp³-hybridized carbons (Fsp3) is 0.688. The van der Waals surface area contributed by atoms with Crippen LogP contribution < -0.4 is 16.0 Å². The number of urea groups is 1. The first-order valence-corrected chi connectivity index (χ1v) is 18.7. The van der Waals surface area contributed by atoms with Gasteiger partial charge in [-0.1, -0.05) is 60.1 Å². The number of likely N-dealkylation sites (N-methyl/N-ethyl adjacent to an activating group) is 1. The molecule has 5 atom stereocenters. The van der Waals surface area contributed by atoms with E-state index < -0.39 is 88.4 Å². The van der Waals surface area contributed by atoms with Gasteiger partial charge in [-0.15, -0.1) is 0 Å². The minimum absolute atomic E-state index is 0.00278. The number of ether oxygens (including phenoxy) is 1. The average molecular weight is 727 g/mol. The van der Waals surface area contributed by atoms with Crippen LogP contribution in [0.1, 0.15) is 71.9 Å². The van der Waals surface area contributed by atoms with Gasteiger partial charge in [0.05, 0.1) is 25.3 Å². The van der Waals surface area contributed by atoms with E-state index in [1.165, 1.54) is 22.9 Å². The van der Waals surface area contributed by atoms with Crippen LogP contribution in [0.2, 0.25) is 0 Å². The van der Waals surface area contributed by atoms with Gasteiger partial charge in [0.15, 0.2) is 0 Å². The molecule has 1 fully saturated rings.